The average Bonchev–Trinajstić information content (AvgIpc) is 3.35. The van der Waals surface area contributed by atoms with E-state index in [0.717, 1.165) is 51.1 Å². The number of carbonyl (C=O) groups excluding carboxylic acids is 1. The van der Waals surface area contributed by atoms with E-state index in [-0.39, 0.29) is 29.7 Å². The summed E-state index contributed by atoms with van der Waals surface area (Å²) in [6.45, 7) is 1.21. The highest BCUT2D eigenvalue weighted by atomic mass is 35.5. The van der Waals surface area contributed by atoms with E-state index in [0.29, 0.717) is 16.4 Å². The van der Waals surface area contributed by atoms with Crippen LogP contribution in [0.2, 0.25) is 0 Å². The molecule has 0 saturated heterocycles. The van der Waals surface area contributed by atoms with E-state index < -0.39 is 11.6 Å². The first-order valence-corrected chi connectivity index (χ1v) is 10.5. The van der Waals surface area contributed by atoms with Gasteiger partial charge in [-0.3, -0.25) is 9.69 Å². The normalized spacial score (nSPS) is 14.7. The van der Waals surface area contributed by atoms with Crippen molar-refractivity contribution < 1.29 is 13.6 Å². The van der Waals surface area contributed by atoms with Gasteiger partial charge in [0.1, 0.15) is 11.3 Å². The van der Waals surface area contributed by atoms with Gasteiger partial charge < -0.3 is 4.57 Å². The number of aryl methyl sites for hydroxylation is 1. The second-order valence-electron chi connectivity index (χ2n) is 7.21. The molecule has 4 rings (SSSR count). The Hall–Kier alpha value is -2.06. The number of fused-ring (bicyclic) bond motifs is 1. The highest BCUT2D eigenvalue weighted by molar-refractivity contribution is 7.22. The van der Waals surface area contributed by atoms with Crippen LogP contribution in [0.25, 0.3) is 10.2 Å². The molecule has 3 aromatic rings. The number of hydrogen-bond acceptors (Lipinski definition) is 4. The van der Waals surface area contributed by atoms with Crippen LogP contribution in [0.3, 0.4) is 0 Å². The van der Waals surface area contributed by atoms with Crippen molar-refractivity contribution >= 4 is 45.0 Å². The molecule has 1 aromatic carbocycles. The molecule has 29 heavy (non-hydrogen) atoms. The number of benzene rings is 1. The molecular formula is C20H23ClF2N4OS. The fourth-order valence-electron chi connectivity index (χ4n) is 3.76. The summed E-state index contributed by atoms with van der Waals surface area (Å²) in [5.41, 5.74) is 0.123. The van der Waals surface area contributed by atoms with Gasteiger partial charge in [0.25, 0.3) is 0 Å². The smallest absolute Gasteiger partial charge is 0.231 e. The zero-order valence-corrected chi connectivity index (χ0v) is 17.5. The highest BCUT2D eigenvalue weighted by Crippen LogP contribution is 2.34. The molecule has 1 fully saturated rings. The van der Waals surface area contributed by atoms with Crippen LogP contribution in [0.1, 0.15) is 38.5 Å². The van der Waals surface area contributed by atoms with Crippen molar-refractivity contribution in [2.75, 3.05) is 11.4 Å². The van der Waals surface area contributed by atoms with Crippen molar-refractivity contribution in [3.63, 3.8) is 0 Å². The van der Waals surface area contributed by atoms with Crippen LogP contribution in [0, 0.1) is 17.6 Å². The summed E-state index contributed by atoms with van der Waals surface area (Å²) in [6, 6.07) is 2.10. The molecule has 0 aliphatic heterocycles. The molecule has 0 N–H and O–H groups in total. The molecule has 156 valence electrons. The van der Waals surface area contributed by atoms with Crippen LogP contribution in [0.5, 0.6) is 0 Å². The lowest BCUT2D eigenvalue weighted by molar-refractivity contribution is -0.123. The van der Waals surface area contributed by atoms with Gasteiger partial charge in [0.15, 0.2) is 10.9 Å². The maximum Gasteiger partial charge on any atom is 0.231 e. The number of nitrogens with zero attached hydrogens (tertiary/aromatic N) is 4. The van der Waals surface area contributed by atoms with E-state index in [9.17, 15) is 13.6 Å². The zero-order valence-electron chi connectivity index (χ0n) is 15.9. The number of carbonyl (C=O) groups is 1. The number of thiazole rings is 1. The van der Waals surface area contributed by atoms with Crippen molar-refractivity contribution in [2.24, 2.45) is 5.92 Å². The molecule has 0 spiro atoms. The average molecular weight is 441 g/mol. The van der Waals surface area contributed by atoms with Crippen molar-refractivity contribution in [3.8, 4) is 0 Å². The molecule has 9 heteroatoms. The van der Waals surface area contributed by atoms with E-state index in [1.165, 1.54) is 17.4 Å². The number of hydrogen-bond donors (Lipinski definition) is 0. The standard InChI is InChI=1S/C20H22F2N4OS.ClH/c21-15-11-16(22)18-17(12-15)28-20(24-18)26(9-4-8-25-10-7-23-13-25)19(27)14-5-2-1-3-6-14;/h7,10-14H,1-6,8-9H2;1H. The maximum absolute atomic E-state index is 14.1. The summed E-state index contributed by atoms with van der Waals surface area (Å²) in [6.07, 6.45) is 11.1. The van der Waals surface area contributed by atoms with E-state index in [1.54, 1.807) is 17.4 Å². The first-order chi connectivity index (χ1) is 13.6. The second kappa shape index (κ2) is 9.63. The second-order valence-corrected chi connectivity index (χ2v) is 8.22. The van der Waals surface area contributed by atoms with Gasteiger partial charge in [-0.05, 0) is 25.3 Å². The Balaban J connectivity index is 0.00000240. The van der Waals surface area contributed by atoms with Gasteiger partial charge in [-0.1, -0.05) is 30.6 Å². The van der Waals surface area contributed by atoms with Crippen molar-refractivity contribution in [2.45, 2.75) is 45.1 Å². The highest BCUT2D eigenvalue weighted by Gasteiger charge is 2.29. The molecular weight excluding hydrogens is 418 g/mol. The van der Waals surface area contributed by atoms with Crippen molar-refractivity contribution in [1.82, 2.24) is 14.5 Å². The summed E-state index contributed by atoms with van der Waals surface area (Å²) >= 11 is 1.17. The van der Waals surface area contributed by atoms with E-state index in [2.05, 4.69) is 9.97 Å². The SMILES string of the molecule is Cl.O=C(C1CCCCC1)N(CCCn1ccnc1)c1nc2c(F)cc(F)cc2s1. The maximum atomic E-state index is 14.1. The lowest BCUT2D eigenvalue weighted by Gasteiger charge is -2.27. The molecule has 0 unspecified atom stereocenters. The first kappa shape index (κ1) is 21.6. The summed E-state index contributed by atoms with van der Waals surface area (Å²) in [7, 11) is 0. The van der Waals surface area contributed by atoms with Crippen molar-refractivity contribution in [1.29, 1.82) is 0 Å². The monoisotopic (exact) mass is 440 g/mol. The number of amides is 1. The van der Waals surface area contributed by atoms with E-state index >= 15 is 0 Å². The number of halogens is 3. The van der Waals surface area contributed by atoms with Crippen LogP contribution in [-0.4, -0.2) is 27.0 Å². The minimum atomic E-state index is -0.694. The largest absolute Gasteiger partial charge is 0.337 e. The third-order valence-electron chi connectivity index (χ3n) is 5.21. The van der Waals surface area contributed by atoms with Gasteiger partial charge >= 0.3 is 0 Å². The van der Waals surface area contributed by atoms with Gasteiger partial charge in [-0.15, -0.1) is 12.4 Å². The third kappa shape index (κ3) is 4.93. The van der Waals surface area contributed by atoms with Crippen LogP contribution in [0.4, 0.5) is 13.9 Å². The molecule has 5 nitrogen and oxygen atoms in total. The predicted molar refractivity (Wildman–Crippen MR) is 113 cm³/mol. The molecule has 0 atom stereocenters. The summed E-state index contributed by atoms with van der Waals surface area (Å²) < 4.78 is 30.0. The van der Waals surface area contributed by atoms with Gasteiger partial charge in [0.05, 0.1) is 11.0 Å². The Labute approximate surface area is 178 Å². The minimum Gasteiger partial charge on any atom is -0.337 e. The van der Waals surface area contributed by atoms with Crippen LogP contribution < -0.4 is 4.90 Å². The van der Waals surface area contributed by atoms with Crippen LogP contribution in [-0.2, 0) is 11.3 Å². The quantitative estimate of drug-likeness (QED) is 0.529. The van der Waals surface area contributed by atoms with Crippen LogP contribution in [0.15, 0.2) is 30.9 Å². The summed E-state index contributed by atoms with van der Waals surface area (Å²) in [5.74, 6) is -1.30. The number of aromatic nitrogens is 3. The van der Waals surface area contributed by atoms with Gasteiger partial charge in [0.2, 0.25) is 5.91 Å². The predicted octanol–water partition coefficient (Wildman–Crippen LogP) is 5.20. The molecule has 1 aliphatic rings. The summed E-state index contributed by atoms with van der Waals surface area (Å²) in [5, 5.41) is 0.445. The topological polar surface area (TPSA) is 51.0 Å². The molecule has 1 aliphatic carbocycles. The minimum absolute atomic E-state index is 0. The Bertz CT molecular complexity index is 957. The third-order valence-corrected chi connectivity index (χ3v) is 6.24. The molecule has 1 saturated carbocycles. The lowest BCUT2D eigenvalue weighted by atomic mass is 9.88. The Morgan fingerprint density at radius 2 is 2.03 bits per heavy atom. The number of rotatable bonds is 6. The van der Waals surface area contributed by atoms with Gasteiger partial charge in [-0.2, -0.15) is 0 Å². The van der Waals surface area contributed by atoms with E-state index in [4.69, 9.17) is 0 Å². The Morgan fingerprint density at radius 1 is 1.24 bits per heavy atom. The zero-order chi connectivity index (χ0) is 19.5. The van der Waals surface area contributed by atoms with Crippen LogP contribution >= 0.6 is 23.7 Å². The van der Waals surface area contributed by atoms with E-state index in [1.807, 2.05) is 10.8 Å². The van der Waals surface area contributed by atoms with Gasteiger partial charge in [-0.25, -0.2) is 18.7 Å². The first-order valence-electron chi connectivity index (χ1n) is 9.64. The van der Waals surface area contributed by atoms with Gasteiger partial charge in [0, 0.05) is 37.5 Å². The fraction of sp³-hybridized carbons (Fsp3) is 0.450. The molecule has 0 radical (unpaired) electrons. The molecule has 2 heterocycles. The molecule has 0 bridgehead atoms. The lowest BCUT2D eigenvalue weighted by Crippen LogP contribution is -2.38. The molecule has 2 aromatic heterocycles. The summed E-state index contributed by atoms with van der Waals surface area (Å²) in [4.78, 5) is 23.3. The number of imidazole rings is 1. The van der Waals surface area contributed by atoms with Crippen molar-refractivity contribution in [3.05, 3.63) is 42.5 Å². The Morgan fingerprint density at radius 3 is 2.76 bits per heavy atom. The molecule has 1 amide bonds. The number of anilines is 1. The Kier molecular flexibility index (Phi) is 7.18. The fourth-order valence-corrected chi connectivity index (χ4v) is 4.80.